The van der Waals surface area contributed by atoms with Crippen LogP contribution in [0.25, 0.3) is 0 Å². The van der Waals surface area contributed by atoms with Gasteiger partial charge in [0.1, 0.15) is 0 Å². The Morgan fingerprint density at radius 3 is 2.55 bits per heavy atom. The molecule has 1 nitrogen and oxygen atoms in total. The Balaban J connectivity index is 1.90. The Labute approximate surface area is 126 Å². The predicted octanol–water partition coefficient (Wildman–Crippen LogP) is 5.46. The molecule has 0 radical (unpaired) electrons. The summed E-state index contributed by atoms with van der Waals surface area (Å²) in [6.07, 6.45) is 19.6. The van der Waals surface area contributed by atoms with Crippen LogP contribution in [0.2, 0.25) is 0 Å². The van der Waals surface area contributed by atoms with Crippen LogP contribution >= 0.6 is 0 Å². The lowest BCUT2D eigenvalue weighted by Crippen LogP contribution is -2.37. The van der Waals surface area contributed by atoms with Crippen molar-refractivity contribution in [2.24, 2.45) is 11.8 Å². The van der Waals surface area contributed by atoms with E-state index in [1.54, 1.807) is 5.57 Å². The summed E-state index contributed by atoms with van der Waals surface area (Å²) in [5.74, 6) is 1.93. The zero-order valence-electron chi connectivity index (χ0n) is 13.8. The van der Waals surface area contributed by atoms with Crippen LogP contribution in [0.3, 0.4) is 0 Å². The molecule has 0 saturated heterocycles. The molecule has 0 aromatic heterocycles. The highest BCUT2D eigenvalue weighted by atomic mass is 14.9. The van der Waals surface area contributed by atoms with Crippen molar-refractivity contribution >= 4 is 0 Å². The maximum Gasteiger partial charge on any atom is 0.0305 e. The van der Waals surface area contributed by atoms with Crippen LogP contribution in [-0.2, 0) is 0 Å². The predicted molar refractivity (Wildman–Crippen MR) is 89.0 cm³/mol. The summed E-state index contributed by atoms with van der Waals surface area (Å²) >= 11 is 0. The first kappa shape index (κ1) is 16.1. The molecular formula is C19H35N. The maximum absolute atomic E-state index is 3.67. The SMILES string of the molecule is CCCC1CCC(C(NC)C2=CCCCCCC2)CC1. The van der Waals surface area contributed by atoms with E-state index in [-0.39, 0.29) is 0 Å². The van der Waals surface area contributed by atoms with Gasteiger partial charge in [0.25, 0.3) is 0 Å². The van der Waals surface area contributed by atoms with Crippen LogP contribution in [0, 0.1) is 11.8 Å². The number of likely N-dealkylation sites (N-methyl/N-ethyl adjacent to an activating group) is 1. The van der Waals surface area contributed by atoms with Crippen molar-refractivity contribution in [3.8, 4) is 0 Å². The summed E-state index contributed by atoms with van der Waals surface area (Å²) in [4.78, 5) is 0. The minimum atomic E-state index is 0.677. The average molecular weight is 277 g/mol. The molecule has 1 N–H and O–H groups in total. The third-order valence-corrected chi connectivity index (χ3v) is 5.60. The van der Waals surface area contributed by atoms with Gasteiger partial charge < -0.3 is 5.32 Å². The molecule has 2 rings (SSSR count). The highest BCUT2D eigenvalue weighted by Gasteiger charge is 2.28. The van der Waals surface area contributed by atoms with E-state index in [4.69, 9.17) is 0 Å². The van der Waals surface area contributed by atoms with Gasteiger partial charge in [-0.2, -0.15) is 0 Å². The van der Waals surface area contributed by atoms with Gasteiger partial charge in [0.2, 0.25) is 0 Å². The monoisotopic (exact) mass is 277 g/mol. The van der Waals surface area contributed by atoms with Crippen molar-refractivity contribution in [3.05, 3.63) is 11.6 Å². The maximum atomic E-state index is 3.67. The fourth-order valence-corrected chi connectivity index (χ4v) is 4.44. The topological polar surface area (TPSA) is 12.0 Å². The molecule has 1 fully saturated rings. The quantitative estimate of drug-likeness (QED) is 0.658. The lowest BCUT2D eigenvalue weighted by atomic mass is 9.74. The number of hydrogen-bond acceptors (Lipinski definition) is 1. The molecule has 1 saturated carbocycles. The minimum Gasteiger partial charge on any atom is -0.313 e. The minimum absolute atomic E-state index is 0.677. The summed E-state index contributed by atoms with van der Waals surface area (Å²) in [5, 5.41) is 3.67. The molecule has 2 aliphatic carbocycles. The van der Waals surface area contributed by atoms with E-state index in [1.807, 2.05) is 0 Å². The van der Waals surface area contributed by atoms with Crippen LogP contribution < -0.4 is 5.32 Å². The second-order valence-corrected chi connectivity index (χ2v) is 7.07. The molecule has 0 aromatic carbocycles. The van der Waals surface area contributed by atoms with Crippen LogP contribution in [-0.4, -0.2) is 13.1 Å². The normalized spacial score (nSPS) is 30.2. The Morgan fingerprint density at radius 2 is 1.85 bits per heavy atom. The summed E-state index contributed by atoms with van der Waals surface area (Å²) < 4.78 is 0. The smallest absolute Gasteiger partial charge is 0.0305 e. The van der Waals surface area contributed by atoms with E-state index in [9.17, 15) is 0 Å². The Morgan fingerprint density at radius 1 is 1.10 bits per heavy atom. The van der Waals surface area contributed by atoms with E-state index >= 15 is 0 Å². The fraction of sp³-hybridized carbons (Fsp3) is 0.895. The van der Waals surface area contributed by atoms with Gasteiger partial charge >= 0.3 is 0 Å². The fourth-order valence-electron chi connectivity index (χ4n) is 4.44. The second-order valence-electron chi connectivity index (χ2n) is 7.07. The first-order chi connectivity index (χ1) is 9.85. The van der Waals surface area contributed by atoms with Gasteiger partial charge in [-0.05, 0) is 57.4 Å². The van der Waals surface area contributed by atoms with Crippen molar-refractivity contribution in [1.29, 1.82) is 0 Å². The van der Waals surface area contributed by atoms with Gasteiger partial charge in [0.15, 0.2) is 0 Å². The number of nitrogens with one attached hydrogen (secondary N) is 1. The molecule has 1 atom stereocenters. The number of hydrogen-bond donors (Lipinski definition) is 1. The summed E-state index contributed by atoms with van der Waals surface area (Å²) in [5.41, 5.74) is 1.74. The number of allylic oxidation sites excluding steroid dienone is 1. The molecule has 116 valence electrons. The first-order valence-corrected chi connectivity index (χ1v) is 9.21. The van der Waals surface area contributed by atoms with Gasteiger partial charge in [-0.1, -0.05) is 57.1 Å². The highest BCUT2D eigenvalue weighted by Crippen LogP contribution is 2.36. The molecule has 2 aliphatic rings. The standard InChI is InChI=1S/C19H35N/c1-3-9-16-12-14-18(15-13-16)19(20-2)17-10-7-5-4-6-8-11-17/h10,16,18-20H,3-9,11-15H2,1-2H3. The molecule has 0 bridgehead atoms. The molecule has 1 heteroatoms. The van der Waals surface area contributed by atoms with Crippen molar-refractivity contribution in [2.75, 3.05) is 7.05 Å². The molecule has 0 heterocycles. The van der Waals surface area contributed by atoms with Gasteiger partial charge in [-0.25, -0.2) is 0 Å². The Bertz CT molecular complexity index is 286. The Kier molecular flexibility index (Phi) is 7.13. The molecule has 0 aromatic rings. The lowest BCUT2D eigenvalue weighted by molar-refractivity contribution is 0.230. The van der Waals surface area contributed by atoms with E-state index in [0.717, 1.165) is 11.8 Å². The molecule has 1 unspecified atom stereocenters. The van der Waals surface area contributed by atoms with E-state index in [2.05, 4.69) is 25.4 Å². The van der Waals surface area contributed by atoms with Crippen LogP contribution in [0.15, 0.2) is 11.6 Å². The average Bonchev–Trinajstić information content (AvgIpc) is 2.43. The van der Waals surface area contributed by atoms with Crippen LogP contribution in [0.5, 0.6) is 0 Å². The third-order valence-electron chi connectivity index (χ3n) is 5.60. The van der Waals surface area contributed by atoms with Gasteiger partial charge in [-0.3, -0.25) is 0 Å². The van der Waals surface area contributed by atoms with E-state index in [0.29, 0.717) is 6.04 Å². The van der Waals surface area contributed by atoms with Gasteiger partial charge in [0, 0.05) is 6.04 Å². The Hall–Kier alpha value is -0.300. The largest absolute Gasteiger partial charge is 0.313 e. The van der Waals surface area contributed by atoms with Crippen molar-refractivity contribution in [3.63, 3.8) is 0 Å². The first-order valence-electron chi connectivity index (χ1n) is 9.21. The van der Waals surface area contributed by atoms with Crippen molar-refractivity contribution in [2.45, 2.75) is 90.0 Å². The molecular weight excluding hydrogens is 242 g/mol. The third kappa shape index (κ3) is 4.62. The molecule has 0 amide bonds. The summed E-state index contributed by atoms with van der Waals surface area (Å²) in [6.45, 7) is 2.34. The van der Waals surface area contributed by atoms with E-state index < -0.39 is 0 Å². The summed E-state index contributed by atoms with van der Waals surface area (Å²) in [7, 11) is 2.18. The molecule has 20 heavy (non-hydrogen) atoms. The molecule has 0 spiro atoms. The van der Waals surface area contributed by atoms with Crippen LogP contribution in [0.1, 0.15) is 84.0 Å². The zero-order chi connectivity index (χ0) is 14.2. The zero-order valence-corrected chi connectivity index (χ0v) is 13.8. The van der Waals surface area contributed by atoms with Crippen LogP contribution in [0.4, 0.5) is 0 Å². The summed E-state index contributed by atoms with van der Waals surface area (Å²) in [6, 6.07) is 0.677. The molecule has 0 aliphatic heterocycles. The van der Waals surface area contributed by atoms with E-state index in [1.165, 1.54) is 77.0 Å². The lowest BCUT2D eigenvalue weighted by Gasteiger charge is -2.35. The van der Waals surface area contributed by atoms with Gasteiger partial charge in [-0.15, -0.1) is 0 Å². The second kappa shape index (κ2) is 8.87. The van der Waals surface area contributed by atoms with Gasteiger partial charge in [0.05, 0.1) is 0 Å². The number of rotatable bonds is 5. The van der Waals surface area contributed by atoms with Crippen molar-refractivity contribution < 1.29 is 0 Å². The van der Waals surface area contributed by atoms with Crippen molar-refractivity contribution in [1.82, 2.24) is 5.32 Å². The highest BCUT2D eigenvalue weighted by molar-refractivity contribution is 5.13.